The zero-order valence-corrected chi connectivity index (χ0v) is 13.7. The molecule has 0 aromatic carbocycles. The first-order chi connectivity index (χ1) is 10.0. The summed E-state index contributed by atoms with van der Waals surface area (Å²) in [6.07, 6.45) is 3.55. The Kier molecular flexibility index (Phi) is 3.48. The van der Waals surface area contributed by atoms with Crippen molar-refractivity contribution in [3.8, 4) is 0 Å². The molecule has 0 unspecified atom stereocenters. The number of fused-ring (bicyclic) bond motifs is 3. The molecule has 0 bridgehead atoms. The van der Waals surface area contributed by atoms with Gasteiger partial charge in [0, 0.05) is 18.2 Å². The molecule has 0 saturated heterocycles. The number of aromatic nitrogens is 6. The Morgan fingerprint density at radius 1 is 1.14 bits per heavy atom. The molecule has 0 amide bonds. The maximum Gasteiger partial charge on any atom is 0.242 e. The first kappa shape index (κ1) is 14.1. The lowest BCUT2D eigenvalue weighted by molar-refractivity contribution is 0.590. The zero-order valence-electron chi connectivity index (χ0n) is 12.8. The highest BCUT2D eigenvalue weighted by Crippen LogP contribution is 2.25. The van der Waals surface area contributed by atoms with Crippen LogP contribution in [0.3, 0.4) is 0 Å². The third-order valence-electron chi connectivity index (χ3n) is 3.42. The normalized spacial score (nSPS) is 12.1. The maximum atomic E-state index is 4.39. The molecule has 0 N–H and O–H groups in total. The van der Waals surface area contributed by atoms with Gasteiger partial charge in [0.1, 0.15) is 12.1 Å². The molecule has 3 heterocycles. The molecule has 0 aliphatic heterocycles. The fourth-order valence-electron chi connectivity index (χ4n) is 2.73. The maximum absolute atomic E-state index is 4.39. The van der Waals surface area contributed by atoms with Crippen LogP contribution < -0.4 is 4.90 Å². The van der Waals surface area contributed by atoms with Crippen LogP contribution in [0.15, 0.2) is 17.6 Å². The highest BCUT2D eigenvalue weighted by atomic mass is 32.2. The quantitative estimate of drug-likeness (QED) is 0.688. The molecule has 0 aliphatic rings. The second-order valence-electron chi connectivity index (χ2n) is 5.45. The van der Waals surface area contributed by atoms with E-state index in [1.807, 2.05) is 21.2 Å². The summed E-state index contributed by atoms with van der Waals surface area (Å²) in [5.41, 5.74) is 0.793. The molecule has 3 rings (SSSR count). The van der Waals surface area contributed by atoms with Crippen LogP contribution in [0.25, 0.3) is 11.4 Å². The first-order valence-corrected chi connectivity index (χ1v) is 8.17. The van der Waals surface area contributed by atoms with Gasteiger partial charge in [-0.25, -0.2) is 4.40 Å². The van der Waals surface area contributed by atoms with Gasteiger partial charge in [0.25, 0.3) is 0 Å². The summed E-state index contributed by atoms with van der Waals surface area (Å²) in [6.45, 7) is 8.68. The predicted molar refractivity (Wildman–Crippen MR) is 84.1 cm³/mol. The van der Waals surface area contributed by atoms with E-state index >= 15 is 0 Å². The number of hydrogen-bond donors (Lipinski definition) is 0. The van der Waals surface area contributed by atoms with Crippen LogP contribution in [0.1, 0.15) is 27.7 Å². The second kappa shape index (κ2) is 5.18. The fourth-order valence-corrected chi connectivity index (χ4v) is 3.21. The van der Waals surface area contributed by atoms with Gasteiger partial charge in [0.05, 0.1) is 0 Å². The Morgan fingerprint density at radius 3 is 2.48 bits per heavy atom. The van der Waals surface area contributed by atoms with Crippen LogP contribution in [0.2, 0.25) is 0 Å². The van der Waals surface area contributed by atoms with E-state index in [-0.39, 0.29) is 0 Å². The van der Waals surface area contributed by atoms with E-state index in [2.05, 4.69) is 52.9 Å². The minimum Gasteiger partial charge on any atom is -0.351 e. The van der Waals surface area contributed by atoms with Gasteiger partial charge in [-0.3, -0.25) is 0 Å². The van der Waals surface area contributed by atoms with Crippen molar-refractivity contribution in [1.82, 2.24) is 29.2 Å². The lowest BCUT2D eigenvalue weighted by Gasteiger charge is -2.32. The lowest BCUT2D eigenvalue weighted by Crippen LogP contribution is -2.38. The summed E-state index contributed by atoms with van der Waals surface area (Å²) in [5.74, 6) is 1.73. The molecule has 21 heavy (non-hydrogen) atoms. The van der Waals surface area contributed by atoms with Crippen molar-refractivity contribution < 1.29 is 0 Å². The van der Waals surface area contributed by atoms with Crippen LogP contribution in [0.4, 0.5) is 5.82 Å². The second-order valence-corrected chi connectivity index (χ2v) is 6.22. The molecule has 0 radical (unpaired) electrons. The Labute approximate surface area is 127 Å². The summed E-state index contributed by atoms with van der Waals surface area (Å²) in [7, 11) is 0. The Bertz CT molecular complexity index is 765. The number of anilines is 1. The van der Waals surface area contributed by atoms with Crippen molar-refractivity contribution in [3.05, 3.63) is 12.4 Å². The van der Waals surface area contributed by atoms with E-state index in [0.29, 0.717) is 12.1 Å². The number of rotatable bonds is 4. The van der Waals surface area contributed by atoms with Gasteiger partial charge in [-0.15, -0.1) is 10.2 Å². The highest BCUT2D eigenvalue weighted by molar-refractivity contribution is 7.98. The first-order valence-electron chi connectivity index (χ1n) is 6.94. The molecule has 3 aromatic heterocycles. The zero-order chi connectivity index (χ0) is 15.1. The smallest absolute Gasteiger partial charge is 0.242 e. The predicted octanol–water partition coefficient (Wildman–Crippen LogP) is 2.12. The van der Waals surface area contributed by atoms with Crippen molar-refractivity contribution in [2.45, 2.75) is 44.9 Å². The van der Waals surface area contributed by atoms with Gasteiger partial charge in [-0.05, 0) is 34.0 Å². The number of nitrogens with zero attached hydrogens (tertiary/aromatic N) is 7. The van der Waals surface area contributed by atoms with Crippen molar-refractivity contribution in [2.75, 3.05) is 11.2 Å². The molecule has 112 valence electrons. The molecule has 7 nitrogen and oxygen atoms in total. The molecule has 0 spiro atoms. The van der Waals surface area contributed by atoms with E-state index in [1.165, 1.54) is 0 Å². The monoisotopic (exact) mass is 305 g/mol. The molecule has 0 aliphatic carbocycles. The van der Waals surface area contributed by atoms with Gasteiger partial charge in [0.15, 0.2) is 10.8 Å². The summed E-state index contributed by atoms with van der Waals surface area (Å²) >= 11 is 1.54. The van der Waals surface area contributed by atoms with Crippen LogP contribution in [0, 0.1) is 0 Å². The SMILES string of the molecule is CSc1nnc2cc(N(C(C)C)C(C)C)n3ncnc3n12. The Hall–Kier alpha value is -1.83. The minimum atomic E-state index is 0.350. The third-order valence-corrected chi connectivity index (χ3v) is 4.05. The van der Waals surface area contributed by atoms with Gasteiger partial charge in [0.2, 0.25) is 5.78 Å². The Balaban J connectivity index is 2.34. The van der Waals surface area contributed by atoms with E-state index in [9.17, 15) is 0 Å². The fraction of sp³-hybridized carbons (Fsp3) is 0.538. The van der Waals surface area contributed by atoms with Crippen LogP contribution >= 0.6 is 11.8 Å². The van der Waals surface area contributed by atoms with Gasteiger partial charge >= 0.3 is 0 Å². The van der Waals surface area contributed by atoms with Gasteiger partial charge in [-0.1, -0.05) is 11.8 Å². The van der Waals surface area contributed by atoms with E-state index < -0.39 is 0 Å². The van der Waals surface area contributed by atoms with E-state index in [1.54, 1.807) is 18.1 Å². The average molecular weight is 305 g/mol. The van der Waals surface area contributed by atoms with Crippen molar-refractivity contribution >= 4 is 29.0 Å². The molecular weight excluding hydrogens is 286 g/mol. The van der Waals surface area contributed by atoms with Gasteiger partial charge in [-0.2, -0.15) is 14.6 Å². The van der Waals surface area contributed by atoms with Gasteiger partial charge < -0.3 is 4.90 Å². The lowest BCUT2D eigenvalue weighted by atomic mass is 10.2. The molecule has 0 atom stereocenters. The van der Waals surface area contributed by atoms with E-state index in [0.717, 1.165) is 22.4 Å². The largest absolute Gasteiger partial charge is 0.351 e. The summed E-state index contributed by atoms with van der Waals surface area (Å²) in [4.78, 5) is 6.68. The molecule has 0 fully saturated rings. The standard InChI is InChI=1S/C13H19N7S/c1-8(2)18(9(3)4)11-6-10-16-17-13(21-5)19(10)12-14-7-15-20(11)12/h6-9H,1-5H3. The van der Waals surface area contributed by atoms with Crippen molar-refractivity contribution in [2.24, 2.45) is 0 Å². The average Bonchev–Trinajstić information content (AvgIpc) is 3.02. The van der Waals surface area contributed by atoms with Crippen molar-refractivity contribution in [1.29, 1.82) is 0 Å². The topological polar surface area (TPSA) is 63.6 Å². The molecule has 3 aromatic rings. The number of hydrogen-bond acceptors (Lipinski definition) is 6. The molecular formula is C13H19N7S. The third kappa shape index (κ3) is 2.14. The molecule has 8 heteroatoms. The highest BCUT2D eigenvalue weighted by Gasteiger charge is 2.21. The van der Waals surface area contributed by atoms with Crippen molar-refractivity contribution in [3.63, 3.8) is 0 Å². The summed E-state index contributed by atoms with van der Waals surface area (Å²) in [5, 5.41) is 13.7. The van der Waals surface area contributed by atoms with E-state index in [4.69, 9.17) is 0 Å². The van der Waals surface area contributed by atoms with Crippen LogP contribution in [-0.4, -0.2) is 47.5 Å². The van der Waals surface area contributed by atoms with Crippen LogP contribution in [0.5, 0.6) is 0 Å². The van der Waals surface area contributed by atoms with Crippen LogP contribution in [-0.2, 0) is 0 Å². The molecule has 0 saturated carbocycles. The number of thioether (sulfide) groups is 1. The summed E-state index contributed by atoms with van der Waals surface area (Å²) in [6, 6.07) is 2.72. The summed E-state index contributed by atoms with van der Waals surface area (Å²) < 4.78 is 3.79. The Morgan fingerprint density at radius 2 is 1.86 bits per heavy atom. The minimum absolute atomic E-state index is 0.350.